The zero-order valence-electron chi connectivity index (χ0n) is 38.2. The smallest absolute Gasteiger partial charge is 0.399 e. The number of pyridine rings is 3. The zero-order chi connectivity index (χ0) is 45.3. The van der Waals surface area contributed by atoms with Crippen molar-refractivity contribution in [3.05, 3.63) is 105 Å². The summed E-state index contributed by atoms with van der Waals surface area (Å²) in [6.07, 6.45) is 2.25. The average molecular weight is 1060 g/mol. The molecule has 15 heteroatoms. The highest BCUT2D eigenvalue weighted by atomic mass is 79.9. The zero-order valence-corrected chi connectivity index (χ0v) is 43.0. The van der Waals surface area contributed by atoms with Gasteiger partial charge in [-0.2, -0.15) is 0 Å². The second-order valence-corrected chi connectivity index (χ2v) is 20.5. The molecule has 0 atom stereocenters. The lowest BCUT2D eigenvalue weighted by atomic mass is 9.77. The Labute approximate surface area is 405 Å². The van der Waals surface area contributed by atoms with Crippen molar-refractivity contribution in [1.29, 1.82) is 0 Å². The molecule has 340 valence electrons. The number of rotatable bonds is 11. The van der Waals surface area contributed by atoms with E-state index in [-0.39, 0.29) is 11.2 Å². The maximum Gasteiger partial charge on any atom is 0.495 e. The first-order valence-corrected chi connectivity index (χ1v) is 24.9. The standard InChI is InChI=1S/C23H35BN4O2.C17H23BrN4.C9H5Br2N/c1-22(2)23(3,4)30-24(29-22)19-17-21(26-20-10-7-6-9-18(19)20)25-11-8-12-28-15-13-27(5)14-16-28;1-21-9-11-22(12-10-21)8-4-7-19-17-13-15(18)14-5-2-3-6-16(14)20-17;10-7-5-9(11)12-8-4-2-1-3-6(7)8/h6-7,9-10,17H,8,11-16H2,1-5H3,(H,25,26);2-3,5-6,13H,4,7-12H2,1H3,(H,19,20);1-5H. The normalized spacial score (nSPS) is 18.1. The van der Waals surface area contributed by atoms with Gasteiger partial charge in [0.1, 0.15) is 16.2 Å². The van der Waals surface area contributed by atoms with Gasteiger partial charge in [-0.1, -0.05) is 54.6 Å². The predicted molar refractivity (Wildman–Crippen MR) is 278 cm³/mol. The first kappa shape index (κ1) is 48.7. The molecule has 0 bridgehead atoms. The number of aromatic nitrogens is 3. The highest BCUT2D eigenvalue weighted by molar-refractivity contribution is 9.11. The Morgan fingerprint density at radius 3 is 1.45 bits per heavy atom. The van der Waals surface area contributed by atoms with Gasteiger partial charge in [0, 0.05) is 90.6 Å². The highest BCUT2D eigenvalue weighted by Crippen LogP contribution is 2.37. The Bertz CT molecular complexity index is 2450. The first-order valence-electron chi connectivity index (χ1n) is 22.6. The summed E-state index contributed by atoms with van der Waals surface area (Å²) in [4.78, 5) is 23.7. The largest absolute Gasteiger partial charge is 0.495 e. The van der Waals surface area contributed by atoms with E-state index in [0.717, 1.165) is 129 Å². The van der Waals surface area contributed by atoms with Crippen LogP contribution in [0, 0.1) is 0 Å². The van der Waals surface area contributed by atoms with Gasteiger partial charge in [-0.05, 0) is 157 Å². The summed E-state index contributed by atoms with van der Waals surface area (Å²) in [6.45, 7) is 21.9. The first-order chi connectivity index (χ1) is 30.7. The van der Waals surface area contributed by atoms with Crippen LogP contribution in [-0.2, 0) is 9.31 Å². The Kier molecular flexibility index (Phi) is 17.1. The molecule has 3 aromatic heterocycles. The molecule has 64 heavy (non-hydrogen) atoms. The van der Waals surface area contributed by atoms with Gasteiger partial charge in [0.15, 0.2) is 0 Å². The third-order valence-corrected chi connectivity index (χ3v) is 14.4. The number of halogens is 3. The van der Waals surface area contributed by atoms with Gasteiger partial charge in [-0.3, -0.25) is 0 Å². The molecule has 9 rings (SSSR count). The van der Waals surface area contributed by atoms with E-state index in [4.69, 9.17) is 14.3 Å². The van der Waals surface area contributed by atoms with Crippen molar-refractivity contribution in [2.75, 3.05) is 103 Å². The maximum atomic E-state index is 6.34. The number of fused-ring (bicyclic) bond motifs is 3. The number of hydrogen-bond donors (Lipinski definition) is 2. The van der Waals surface area contributed by atoms with Crippen molar-refractivity contribution in [2.45, 2.75) is 51.7 Å². The number of para-hydroxylation sites is 3. The van der Waals surface area contributed by atoms with Crippen LogP contribution in [0.5, 0.6) is 0 Å². The molecule has 0 spiro atoms. The third-order valence-electron chi connectivity index (χ3n) is 12.7. The Morgan fingerprint density at radius 1 is 0.547 bits per heavy atom. The molecule has 3 saturated heterocycles. The second kappa shape index (κ2) is 22.5. The number of hydrogen-bond acceptors (Lipinski definition) is 11. The maximum absolute atomic E-state index is 6.34. The average Bonchev–Trinajstić information content (AvgIpc) is 3.50. The molecular formula is C49H63BBr3N9O2. The minimum absolute atomic E-state index is 0.363. The van der Waals surface area contributed by atoms with Crippen LogP contribution in [0.3, 0.4) is 0 Å². The van der Waals surface area contributed by atoms with E-state index in [1.165, 1.54) is 26.2 Å². The van der Waals surface area contributed by atoms with Gasteiger partial charge in [0.25, 0.3) is 0 Å². The number of piperazine rings is 2. The fourth-order valence-electron chi connectivity index (χ4n) is 7.97. The topological polar surface area (TPSA) is 94.2 Å². The number of anilines is 2. The fourth-order valence-corrected chi connectivity index (χ4v) is 9.80. The molecule has 3 aliphatic heterocycles. The van der Waals surface area contributed by atoms with Crippen LogP contribution >= 0.6 is 47.8 Å². The summed E-state index contributed by atoms with van der Waals surface area (Å²) < 4.78 is 15.7. The van der Waals surface area contributed by atoms with Gasteiger partial charge in [-0.15, -0.1) is 0 Å². The molecule has 3 fully saturated rings. The molecule has 0 unspecified atom stereocenters. The number of nitrogens with one attached hydrogen (secondary N) is 2. The van der Waals surface area contributed by atoms with Crippen LogP contribution in [0.1, 0.15) is 40.5 Å². The molecule has 3 aliphatic rings. The SMILES string of the molecule is Brc1cc(Br)c2ccccc2n1.CN1CCN(CCCNc2cc(B3OC(C)(C)C(C)(C)O3)c3ccccc3n2)CC1.CN1CCN(CCCNc2cc(Br)c3ccccc3n2)CC1. The van der Waals surface area contributed by atoms with Crippen molar-refractivity contribution >= 4 is 105 Å². The van der Waals surface area contributed by atoms with Gasteiger partial charge >= 0.3 is 7.12 Å². The van der Waals surface area contributed by atoms with Crippen molar-refractivity contribution in [3.63, 3.8) is 0 Å². The second-order valence-electron chi connectivity index (χ2n) is 18.0. The quantitative estimate of drug-likeness (QED) is 0.0739. The van der Waals surface area contributed by atoms with E-state index in [9.17, 15) is 0 Å². The van der Waals surface area contributed by atoms with E-state index in [0.29, 0.717) is 0 Å². The molecule has 6 heterocycles. The van der Waals surface area contributed by atoms with Crippen molar-refractivity contribution in [3.8, 4) is 0 Å². The van der Waals surface area contributed by atoms with Gasteiger partial charge in [0.05, 0.1) is 27.8 Å². The summed E-state index contributed by atoms with van der Waals surface area (Å²) in [5.74, 6) is 1.83. The van der Waals surface area contributed by atoms with E-state index in [2.05, 4.69) is 166 Å². The minimum Gasteiger partial charge on any atom is -0.399 e. The van der Waals surface area contributed by atoms with Gasteiger partial charge in [-0.25, -0.2) is 15.0 Å². The van der Waals surface area contributed by atoms with E-state index in [1.54, 1.807) is 0 Å². The van der Waals surface area contributed by atoms with Crippen LogP contribution in [0.2, 0.25) is 0 Å². The molecule has 0 saturated carbocycles. The van der Waals surface area contributed by atoms with Crippen molar-refractivity contribution in [1.82, 2.24) is 34.6 Å². The van der Waals surface area contributed by atoms with Crippen LogP contribution in [0.25, 0.3) is 32.7 Å². The van der Waals surface area contributed by atoms with Crippen molar-refractivity contribution in [2.24, 2.45) is 0 Å². The number of benzene rings is 3. The highest BCUT2D eigenvalue weighted by Gasteiger charge is 2.52. The molecule has 11 nitrogen and oxygen atoms in total. The number of likely N-dealkylation sites (N-methyl/N-ethyl adjacent to an activating group) is 2. The number of nitrogens with zero attached hydrogens (tertiary/aromatic N) is 7. The summed E-state index contributed by atoms with van der Waals surface area (Å²) >= 11 is 10.5. The molecule has 0 amide bonds. The van der Waals surface area contributed by atoms with E-state index < -0.39 is 7.12 Å². The van der Waals surface area contributed by atoms with Gasteiger partial charge < -0.3 is 39.5 Å². The lowest BCUT2D eigenvalue weighted by molar-refractivity contribution is 0.00578. The molecule has 0 aliphatic carbocycles. The predicted octanol–water partition coefficient (Wildman–Crippen LogP) is 9.39. The summed E-state index contributed by atoms with van der Waals surface area (Å²) in [7, 11) is 4.00. The summed E-state index contributed by atoms with van der Waals surface area (Å²) in [6, 6.07) is 30.6. The molecule has 6 aromatic rings. The monoisotopic (exact) mass is 1060 g/mol. The molecular weight excluding hydrogens is 997 g/mol. The van der Waals surface area contributed by atoms with Crippen LogP contribution in [0.15, 0.2) is 105 Å². The summed E-state index contributed by atoms with van der Waals surface area (Å²) in [5, 5.41) is 10.4. The van der Waals surface area contributed by atoms with Crippen LogP contribution < -0.4 is 16.1 Å². The lowest BCUT2D eigenvalue weighted by Crippen LogP contribution is -2.44. The van der Waals surface area contributed by atoms with Crippen LogP contribution in [0.4, 0.5) is 11.6 Å². The Hall–Kier alpha value is -3.25. The van der Waals surface area contributed by atoms with Crippen LogP contribution in [-0.4, -0.2) is 146 Å². The van der Waals surface area contributed by atoms with Crippen molar-refractivity contribution < 1.29 is 9.31 Å². The van der Waals surface area contributed by atoms with Gasteiger partial charge in [0.2, 0.25) is 0 Å². The molecule has 3 aromatic carbocycles. The molecule has 2 N–H and O–H groups in total. The lowest BCUT2D eigenvalue weighted by Gasteiger charge is -2.32. The molecule has 0 radical (unpaired) electrons. The van der Waals surface area contributed by atoms with E-state index >= 15 is 0 Å². The Morgan fingerprint density at radius 2 is 0.953 bits per heavy atom. The van der Waals surface area contributed by atoms with E-state index in [1.807, 2.05) is 54.6 Å². The Balaban J connectivity index is 0.000000157. The minimum atomic E-state index is -0.395. The summed E-state index contributed by atoms with van der Waals surface area (Å²) in [5.41, 5.74) is 3.31. The fraction of sp³-hybridized carbons (Fsp3) is 0.449. The third kappa shape index (κ3) is 13.0.